The van der Waals surface area contributed by atoms with Gasteiger partial charge in [0.2, 0.25) is 5.95 Å². The molecule has 0 radical (unpaired) electrons. The molecule has 0 aliphatic carbocycles. The van der Waals surface area contributed by atoms with Gasteiger partial charge in [-0.05, 0) is 73.0 Å². The molecule has 0 spiro atoms. The second-order valence-electron chi connectivity index (χ2n) is 7.84. The summed E-state index contributed by atoms with van der Waals surface area (Å²) in [4.78, 5) is 18.7. The third kappa shape index (κ3) is 4.62. The second-order valence-corrected chi connectivity index (χ2v) is 10.4. The molecule has 2 aliphatic rings. The summed E-state index contributed by atoms with van der Waals surface area (Å²) in [6.45, 7) is 2.76. The van der Waals surface area contributed by atoms with E-state index < -0.39 is 0 Å². The molecule has 1 unspecified atom stereocenters. The van der Waals surface area contributed by atoms with Gasteiger partial charge in [-0.25, -0.2) is 19.9 Å². The molecule has 31 heavy (non-hydrogen) atoms. The van der Waals surface area contributed by atoms with Crippen LogP contribution in [0.25, 0.3) is 0 Å². The Hall–Kier alpha value is -1.62. The maximum absolute atomic E-state index is 6.65. The number of nitrogens with one attached hydrogen (secondary N) is 2. The van der Waals surface area contributed by atoms with E-state index in [4.69, 9.17) is 21.6 Å². The molecule has 6 nitrogen and oxygen atoms in total. The van der Waals surface area contributed by atoms with E-state index in [2.05, 4.69) is 49.3 Å². The first-order valence-corrected chi connectivity index (χ1v) is 12.8. The molecule has 3 aromatic rings. The first kappa shape index (κ1) is 21.2. The van der Waals surface area contributed by atoms with Crippen LogP contribution in [0.5, 0.6) is 0 Å². The molecule has 9 heteroatoms. The summed E-state index contributed by atoms with van der Waals surface area (Å²) in [5.41, 5.74) is 3.88. The molecule has 0 saturated carbocycles. The Morgan fingerprint density at radius 1 is 1.29 bits per heavy atom. The van der Waals surface area contributed by atoms with E-state index in [-0.39, 0.29) is 5.92 Å². The predicted molar refractivity (Wildman–Crippen MR) is 135 cm³/mol. The summed E-state index contributed by atoms with van der Waals surface area (Å²) < 4.78 is 1.11. The zero-order chi connectivity index (χ0) is 21.2. The number of anilines is 1. The lowest BCUT2D eigenvalue weighted by Gasteiger charge is -2.26. The number of fused-ring (bicyclic) bond motifs is 1. The maximum atomic E-state index is 6.65. The van der Waals surface area contributed by atoms with Crippen molar-refractivity contribution in [2.75, 3.05) is 18.4 Å². The van der Waals surface area contributed by atoms with Gasteiger partial charge < -0.3 is 10.6 Å². The minimum Gasteiger partial charge on any atom is -0.348 e. The molecule has 0 bridgehead atoms. The predicted octanol–water partition coefficient (Wildman–Crippen LogP) is 5.41. The monoisotopic (exact) mass is 564 g/mol. The lowest BCUT2D eigenvalue weighted by Crippen LogP contribution is -2.31. The molecule has 160 valence electrons. The largest absolute Gasteiger partial charge is 0.348 e. The molecule has 4 heterocycles. The third-order valence-corrected chi connectivity index (χ3v) is 7.76. The first-order valence-electron chi connectivity index (χ1n) is 10.4. The van der Waals surface area contributed by atoms with Crippen LogP contribution in [0.15, 0.2) is 41.0 Å². The Morgan fingerprint density at radius 3 is 3.00 bits per heavy atom. The Kier molecular flexibility index (Phi) is 6.49. The van der Waals surface area contributed by atoms with Crippen LogP contribution in [0.4, 0.5) is 11.6 Å². The Labute approximate surface area is 204 Å². The van der Waals surface area contributed by atoms with Gasteiger partial charge in [0.05, 0.1) is 29.2 Å². The van der Waals surface area contributed by atoms with E-state index in [1.54, 1.807) is 11.3 Å². The fourth-order valence-corrected chi connectivity index (χ4v) is 6.06. The molecule has 5 rings (SSSR count). The van der Waals surface area contributed by atoms with Crippen LogP contribution in [0.2, 0.25) is 5.02 Å². The van der Waals surface area contributed by atoms with Crippen molar-refractivity contribution in [1.29, 1.82) is 0 Å². The first-order chi connectivity index (χ1) is 15.2. The number of aliphatic imine (C=N–C) groups is 1. The van der Waals surface area contributed by atoms with Gasteiger partial charge in [-0.2, -0.15) is 0 Å². The molecule has 2 aliphatic heterocycles. The van der Waals surface area contributed by atoms with Gasteiger partial charge in [-0.3, -0.25) is 0 Å². The Balaban J connectivity index is 1.47. The van der Waals surface area contributed by atoms with Crippen LogP contribution in [0.3, 0.4) is 0 Å². The summed E-state index contributed by atoms with van der Waals surface area (Å²) in [5, 5.41) is 10.6. The fourth-order valence-electron chi connectivity index (χ4n) is 4.30. The summed E-state index contributed by atoms with van der Waals surface area (Å²) >= 11 is 10.6. The van der Waals surface area contributed by atoms with Crippen molar-refractivity contribution >= 4 is 62.9 Å². The average Bonchev–Trinajstić information content (AvgIpc) is 3.41. The molecule has 0 amide bonds. The highest BCUT2D eigenvalue weighted by molar-refractivity contribution is 14.1. The SMILES string of the molecule is Clc1cccc(I)c1C1=Nc2cnc(NCc3nccs3)nc2C1C[C@@H]1CCCNC1. The molecule has 2 aromatic heterocycles. The van der Waals surface area contributed by atoms with Crippen molar-refractivity contribution in [1.82, 2.24) is 20.3 Å². The number of nitrogens with zero attached hydrogens (tertiary/aromatic N) is 4. The van der Waals surface area contributed by atoms with E-state index in [0.717, 1.165) is 55.8 Å². The van der Waals surface area contributed by atoms with E-state index in [1.807, 2.05) is 29.9 Å². The van der Waals surface area contributed by atoms with Crippen LogP contribution in [-0.4, -0.2) is 33.8 Å². The van der Waals surface area contributed by atoms with Crippen molar-refractivity contribution in [2.45, 2.75) is 31.7 Å². The lowest BCUT2D eigenvalue weighted by molar-refractivity contribution is 0.351. The number of halogens is 2. The highest BCUT2D eigenvalue weighted by atomic mass is 127. The zero-order valence-corrected chi connectivity index (χ0v) is 20.5. The van der Waals surface area contributed by atoms with Crippen molar-refractivity contribution in [3.63, 3.8) is 0 Å². The number of hydrogen-bond donors (Lipinski definition) is 2. The molecular weight excluding hydrogens is 543 g/mol. The maximum Gasteiger partial charge on any atom is 0.223 e. The molecular formula is C22H22ClIN6S. The van der Waals surface area contributed by atoms with E-state index in [0.29, 0.717) is 18.4 Å². The Morgan fingerprint density at radius 2 is 2.23 bits per heavy atom. The summed E-state index contributed by atoms with van der Waals surface area (Å²) in [6.07, 6.45) is 7.08. The molecule has 2 atom stereocenters. The second kappa shape index (κ2) is 9.48. The third-order valence-electron chi connectivity index (χ3n) is 5.77. The van der Waals surface area contributed by atoms with Crippen molar-refractivity contribution < 1.29 is 0 Å². The summed E-state index contributed by atoms with van der Waals surface area (Å²) in [6, 6.07) is 6.01. The quantitative estimate of drug-likeness (QED) is 0.392. The van der Waals surface area contributed by atoms with E-state index >= 15 is 0 Å². The van der Waals surface area contributed by atoms with Crippen LogP contribution >= 0.6 is 45.5 Å². The average molecular weight is 565 g/mol. The topological polar surface area (TPSA) is 75.1 Å². The van der Waals surface area contributed by atoms with Gasteiger partial charge in [0.25, 0.3) is 0 Å². The van der Waals surface area contributed by atoms with Crippen molar-refractivity contribution in [3.05, 3.63) is 60.8 Å². The van der Waals surface area contributed by atoms with Gasteiger partial charge in [0, 0.05) is 26.6 Å². The molecule has 2 N–H and O–H groups in total. The smallest absolute Gasteiger partial charge is 0.223 e. The highest BCUT2D eigenvalue weighted by Gasteiger charge is 2.34. The van der Waals surface area contributed by atoms with Gasteiger partial charge >= 0.3 is 0 Å². The number of benzene rings is 1. The van der Waals surface area contributed by atoms with Crippen molar-refractivity contribution in [2.24, 2.45) is 10.9 Å². The Bertz CT molecular complexity index is 1080. The van der Waals surface area contributed by atoms with Crippen LogP contribution in [-0.2, 0) is 6.54 Å². The van der Waals surface area contributed by atoms with Gasteiger partial charge in [0.15, 0.2) is 0 Å². The molecule has 1 aromatic carbocycles. The number of aromatic nitrogens is 3. The van der Waals surface area contributed by atoms with E-state index in [1.165, 1.54) is 12.8 Å². The van der Waals surface area contributed by atoms with Crippen molar-refractivity contribution in [3.8, 4) is 0 Å². The normalized spacial score (nSPS) is 20.4. The highest BCUT2D eigenvalue weighted by Crippen LogP contribution is 2.43. The summed E-state index contributed by atoms with van der Waals surface area (Å²) in [7, 11) is 0. The van der Waals surface area contributed by atoms with E-state index in [9.17, 15) is 0 Å². The molecule has 1 fully saturated rings. The van der Waals surface area contributed by atoms with Gasteiger partial charge in [0.1, 0.15) is 10.7 Å². The van der Waals surface area contributed by atoms with Gasteiger partial charge in [-0.1, -0.05) is 17.7 Å². The minimum atomic E-state index is 0.108. The zero-order valence-electron chi connectivity index (χ0n) is 16.8. The minimum absolute atomic E-state index is 0.108. The number of thiazole rings is 1. The van der Waals surface area contributed by atoms with Gasteiger partial charge in [-0.15, -0.1) is 11.3 Å². The lowest BCUT2D eigenvalue weighted by atomic mass is 9.83. The molecule has 1 saturated heterocycles. The van der Waals surface area contributed by atoms with Crippen LogP contribution in [0.1, 0.15) is 41.4 Å². The number of hydrogen-bond acceptors (Lipinski definition) is 7. The number of piperidine rings is 1. The summed E-state index contributed by atoms with van der Waals surface area (Å²) in [5.74, 6) is 1.32. The number of rotatable bonds is 6. The standard InChI is InChI=1S/C22H22ClIN6S/c23-15-4-1-5-16(24)19(15)21-14(9-13-3-2-6-25-10-13)20-17(29-21)11-27-22(30-20)28-12-18-26-7-8-31-18/h1,4-5,7-8,11,13-14,25H,2-3,6,9-10,12H2,(H,27,28,30)/t13-,14?/m0/s1. The van der Waals surface area contributed by atoms with Crippen LogP contribution < -0.4 is 10.6 Å². The fraction of sp³-hybridized carbons (Fsp3) is 0.364. The van der Waals surface area contributed by atoms with Crippen LogP contribution in [0, 0.1) is 9.49 Å².